The second-order valence-electron chi connectivity index (χ2n) is 8.08. The summed E-state index contributed by atoms with van der Waals surface area (Å²) in [6.07, 6.45) is 5.90. The highest BCUT2D eigenvalue weighted by atomic mass is 16.5. The molecule has 1 fully saturated rings. The summed E-state index contributed by atoms with van der Waals surface area (Å²) in [5, 5.41) is 12.9. The first-order valence-electron chi connectivity index (χ1n) is 10.3. The summed E-state index contributed by atoms with van der Waals surface area (Å²) < 4.78 is 13.0. The molecule has 0 saturated carbocycles. The largest absolute Gasteiger partial charge is 0.493 e. The number of rotatable bonds is 7. The molecule has 7 nitrogen and oxygen atoms in total. The standard InChI is InChI=1S/C21H33N5O2/c1-6-21(2,3)26-20(22-23-24-26)19(25-13-9-7-8-10-14-25)16-11-12-17(27-4)18(15-16)28-5/h11-12,15,19H,6-10,13-14H2,1-5H3/t19-/m1/s1. The third-order valence-electron chi connectivity index (χ3n) is 5.91. The van der Waals surface area contributed by atoms with Crippen molar-refractivity contribution < 1.29 is 9.47 Å². The third-order valence-corrected chi connectivity index (χ3v) is 5.91. The van der Waals surface area contributed by atoms with Crippen LogP contribution in [0.4, 0.5) is 0 Å². The highest BCUT2D eigenvalue weighted by molar-refractivity contribution is 5.45. The van der Waals surface area contributed by atoms with Crippen LogP contribution in [0, 0.1) is 0 Å². The zero-order chi connectivity index (χ0) is 20.1. The Morgan fingerprint density at radius 2 is 1.71 bits per heavy atom. The van der Waals surface area contributed by atoms with Crippen molar-refractivity contribution in [1.29, 1.82) is 0 Å². The lowest BCUT2D eigenvalue weighted by atomic mass is 9.99. The van der Waals surface area contributed by atoms with Crippen molar-refractivity contribution in [1.82, 2.24) is 25.1 Å². The van der Waals surface area contributed by atoms with Crippen LogP contribution < -0.4 is 9.47 Å². The van der Waals surface area contributed by atoms with Gasteiger partial charge in [0.2, 0.25) is 0 Å². The quantitative estimate of drug-likeness (QED) is 0.720. The highest BCUT2D eigenvalue weighted by Gasteiger charge is 2.33. The Morgan fingerprint density at radius 3 is 2.32 bits per heavy atom. The molecule has 0 aliphatic carbocycles. The molecule has 0 spiro atoms. The summed E-state index contributed by atoms with van der Waals surface area (Å²) >= 11 is 0. The smallest absolute Gasteiger partial charge is 0.173 e. The monoisotopic (exact) mass is 387 g/mol. The van der Waals surface area contributed by atoms with Crippen molar-refractivity contribution in [3.63, 3.8) is 0 Å². The lowest BCUT2D eigenvalue weighted by molar-refractivity contribution is 0.202. The lowest BCUT2D eigenvalue weighted by Crippen LogP contribution is -2.36. The van der Waals surface area contributed by atoms with Crippen LogP contribution in [0.3, 0.4) is 0 Å². The zero-order valence-electron chi connectivity index (χ0n) is 17.8. The van der Waals surface area contributed by atoms with Gasteiger partial charge in [0.15, 0.2) is 17.3 Å². The number of aromatic nitrogens is 4. The lowest BCUT2D eigenvalue weighted by Gasteiger charge is -2.33. The molecule has 1 aromatic heterocycles. The van der Waals surface area contributed by atoms with Crippen LogP contribution in [0.15, 0.2) is 18.2 Å². The Hall–Kier alpha value is -2.15. The fraction of sp³-hybridized carbons (Fsp3) is 0.667. The second kappa shape index (κ2) is 8.90. The molecule has 2 heterocycles. The molecule has 1 saturated heterocycles. The van der Waals surface area contributed by atoms with Crippen molar-refractivity contribution in [3.8, 4) is 11.5 Å². The normalized spacial score (nSPS) is 17.2. The fourth-order valence-electron chi connectivity index (χ4n) is 3.84. The molecule has 154 valence electrons. The van der Waals surface area contributed by atoms with Crippen LogP contribution in [-0.4, -0.2) is 52.4 Å². The molecule has 1 atom stereocenters. The van der Waals surface area contributed by atoms with Crippen LogP contribution in [0.25, 0.3) is 0 Å². The molecule has 0 N–H and O–H groups in total. The van der Waals surface area contributed by atoms with E-state index in [2.05, 4.69) is 53.3 Å². The minimum atomic E-state index is -0.153. The molecule has 0 radical (unpaired) electrons. The number of hydrogen-bond donors (Lipinski definition) is 0. The molecular weight excluding hydrogens is 354 g/mol. The van der Waals surface area contributed by atoms with Gasteiger partial charge in [0.25, 0.3) is 0 Å². The topological polar surface area (TPSA) is 65.3 Å². The molecule has 28 heavy (non-hydrogen) atoms. The predicted octanol–water partition coefficient (Wildman–Crippen LogP) is 3.80. The van der Waals surface area contributed by atoms with Crippen LogP contribution in [0.1, 0.15) is 70.3 Å². The van der Waals surface area contributed by atoms with Gasteiger partial charge in [-0.1, -0.05) is 25.8 Å². The molecular formula is C21H33N5O2. The van der Waals surface area contributed by atoms with Crippen LogP contribution in [-0.2, 0) is 5.54 Å². The first kappa shape index (κ1) is 20.6. The molecule has 1 aliphatic heterocycles. The number of likely N-dealkylation sites (tertiary alicyclic amines) is 1. The molecule has 7 heteroatoms. The van der Waals surface area contributed by atoms with E-state index in [4.69, 9.17) is 9.47 Å². The molecule has 0 bridgehead atoms. The van der Waals surface area contributed by atoms with Crippen molar-refractivity contribution in [2.75, 3.05) is 27.3 Å². The molecule has 1 aliphatic rings. The van der Waals surface area contributed by atoms with Gasteiger partial charge in [-0.2, -0.15) is 0 Å². The van der Waals surface area contributed by atoms with Crippen molar-refractivity contribution in [3.05, 3.63) is 29.6 Å². The average Bonchev–Trinajstić information content (AvgIpc) is 3.05. The Bertz CT molecular complexity index is 766. The fourth-order valence-corrected chi connectivity index (χ4v) is 3.84. The summed E-state index contributed by atoms with van der Waals surface area (Å²) in [6.45, 7) is 8.61. The minimum absolute atomic E-state index is 0.0151. The molecule has 1 aromatic carbocycles. The summed E-state index contributed by atoms with van der Waals surface area (Å²) in [7, 11) is 3.33. The van der Waals surface area contributed by atoms with Gasteiger partial charge in [-0.25, -0.2) is 4.68 Å². The Labute approximate surface area is 168 Å². The molecule has 0 unspecified atom stereocenters. The van der Waals surface area contributed by atoms with E-state index < -0.39 is 0 Å². The van der Waals surface area contributed by atoms with Crippen LogP contribution in [0.5, 0.6) is 11.5 Å². The van der Waals surface area contributed by atoms with E-state index in [1.54, 1.807) is 14.2 Å². The summed E-state index contributed by atoms with van der Waals surface area (Å²) in [4.78, 5) is 2.52. The molecule has 0 amide bonds. The van der Waals surface area contributed by atoms with E-state index in [1.807, 2.05) is 10.7 Å². The van der Waals surface area contributed by atoms with E-state index in [1.165, 1.54) is 25.7 Å². The average molecular weight is 388 g/mol. The highest BCUT2D eigenvalue weighted by Crippen LogP contribution is 2.36. The van der Waals surface area contributed by atoms with Gasteiger partial charge < -0.3 is 9.47 Å². The van der Waals surface area contributed by atoms with Crippen molar-refractivity contribution >= 4 is 0 Å². The van der Waals surface area contributed by atoms with E-state index in [0.717, 1.165) is 42.4 Å². The molecule has 2 aromatic rings. The number of benzene rings is 1. The molecule has 3 rings (SSSR count). The summed E-state index contributed by atoms with van der Waals surface area (Å²) in [5.41, 5.74) is 0.974. The number of ether oxygens (including phenoxy) is 2. The number of hydrogen-bond acceptors (Lipinski definition) is 6. The third kappa shape index (κ3) is 4.14. The van der Waals surface area contributed by atoms with E-state index in [0.29, 0.717) is 0 Å². The Kier molecular flexibility index (Phi) is 6.54. The predicted molar refractivity (Wildman–Crippen MR) is 109 cm³/mol. The first-order valence-corrected chi connectivity index (χ1v) is 10.3. The van der Waals surface area contributed by atoms with E-state index in [9.17, 15) is 0 Å². The van der Waals surface area contributed by atoms with Crippen molar-refractivity contribution in [2.45, 2.75) is 64.5 Å². The van der Waals surface area contributed by atoms with Gasteiger partial charge in [-0.3, -0.25) is 4.90 Å². The van der Waals surface area contributed by atoms with E-state index in [-0.39, 0.29) is 11.6 Å². The van der Waals surface area contributed by atoms with Gasteiger partial charge >= 0.3 is 0 Å². The van der Waals surface area contributed by atoms with Crippen molar-refractivity contribution in [2.24, 2.45) is 0 Å². The first-order chi connectivity index (χ1) is 13.5. The SMILES string of the molecule is CCC(C)(C)n1nnnc1[C@@H](c1ccc(OC)c(OC)c1)N1CCCCCC1. The number of tetrazole rings is 1. The summed E-state index contributed by atoms with van der Waals surface area (Å²) in [5.74, 6) is 2.35. The number of nitrogens with zero attached hydrogens (tertiary/aromatic N) is 5. The van der Waals surface area contributed by atoms with Gasteiger partial charge in [0, 0.05) is 0 Å². The van der Waals surface area contributed by atoms with Gasteiger partial charge in [0.1, 0.15) is 0 Å². The number of methoxy groups -OCH3 is 2. The second-order valence-corrected chi connectivity index (χ2v) is 8.08. The van der Waals surface area contributed by atoms with Gasteiger partial charge in [-0.15, -0.1) is 5.10 Å². The van der Waals surface area contributed by atoms with E-state index >= 15 is 0 Å². The summed E-state index contributed by atoms with van der Waals surface area (Å²) in [6, 6.07) is 6.12. The van der Waals surface area contributed by atoms with Crippen LogP contribution in [0.2, 0.25) is 0 Å². The maximum absolute atomic E-state index is 5.57. The van der Waals surface area contributed by atoms with Gasteiger partial charge in [-0.05, 0) is 74.3 Å². The van der Waals surface area contributed by atoms with Gasteiger partial charge in [0.05, 0.1) is 25.8 Å². The maximum atomic E-state index is 5.57. The zero-order valence-corrected chi connectivity index (χ0v) is 17.8. The Balaban J connectivity index is 2.10. The maximum Gasteiger partial charge on any atom is 0.173 e. The Morgan fingerprint density at radius 1 is 1.04 bits per heavy atom. The van der Waals surface area contributed by atoms with Crippen LogP contribution >= 0.6 is 0 Å². The minimum Gasteiger partial charge on any atom is -0.493 e.